The van der Waals surface area contributed by atoms with E-state index in [4.69, 9.17) is 16.3 Å². The zero-order valence-electron chi connectivity index (χ0n) is 17.1. The Morgan fingerprint density at radius 2 is 2.00 bits per heavy atom. The number of nitrogens with zero attached hydrogens (tertiary/aromatic N) is 2. The van der Waals surface area contributed by atoms with Crippen LogP contribution in [-0.4, -0.2) is 43.8 Å². The standard InChI is InChI=1S/C21H22ClN3O4S2/c1-13-5-10-17(22)19-18(13)23-21(30-19)24-20(26)14-4-3-11-25(12-14)31(27,28)16-8-6-15(29-2)7-9-16/h5-10,14H,3-4,11-12H2,1-2H3,(H,23,24,26). The summed E-state index contributed by atoms with van der Waals surface area (Å²) < 4.78 is 33.4. The number of aromatic nitrogens is 1. The van der Waals surface area contributed by atoms with Crippen LogP contribution in [0.3, 0.4) is 0 Å². The van der Waals surface area contributed by atoms with Gasteiger partial charge in [-0.25, -0.2) is 13.4 Å². The van der Waals surface area contributed by atoms with Gasteiger partial charge in [-0.05, 0) is 55.7 Å². The third kappa shape index (κ3) is 4.41. The molecule has 0 saturated carbocycles. The van der Waals surface area contributed by atoms with E-state index in [1.807, 2.05) is 19.1 Å². The molecule has 10 heteroatoms. The summed E-state index contributed by atoms with van der Waals surface area (Å²) in [6.45, 7) is 2.45. The van der Waals surface area contributed by atoms with Crippen molar-refractivity contribution in [3.63, 3.8) is 0 Å². The lowest BCUT2D eigenvalue weighted by molar-refractivity contribution is -0.120. The first-order valence-electron chi connectivity index (χ1n) is 9.80. The lowest BCUT2D eigenvalue weighted by Gasteiger charge is -2.31. The molecule has 31 heavy (non-hydrogen) atoms. The van der Waals surface area contributed by atoms with Crippen molar-refractivity contribution in [1.29, 1.82) is 0 Å². The molecule has 0 spiro atoms. The molecule has 2 aromatic carbocycles. The van der Waals surface area contributed by atoms with Crippen molar-refractivity contribution in [2.45, 2.75) is 24.7 Å². The summed E-state index contributed by atoms with van der Waals surface area (Å²) in [6.07, 6.45) is 1.23. The molecule has 1 aliphatic heterocycles. The van der Waals surface area contributed by atoms with Gasteiger partial charge in [0, 0.05) is 13.1 Å². The van der Waals surface area contributed by atoms with E-state index < -0.39 is 15.9 Å². The molecule has 1 saturated heterocycles. The van der Waals surface area contributed by atoms with E-state index in [1.165, 1.54) is 34.9 Å². The Kier molecular flexibility index (Phi) is 6.20. The SMILES string of the molecule is COc1ccc(S(=O)(=O)N2CCCC(C(=O)Nc3nc4c(C)ccc(Cl)c4s3)C2)cc1. The smallest absolute Gasteiger partial charge is 0.243 e. The number of amides is 1. The molecule has 3 aromatic rings. The topological polar surface area (TPSA) is 88.6 Å². The third-order valence-corrected chi connectivity index (χ3v) is 8.69. The molecule has 1 fully saturated rings. The molecule has 2 heterocycles. The Morgan fingerprint density at radius 3 is 2.68 bits per heavy atom. The molecule has 0 bridgehead atoms. The van der Waals surface area contributed by atoms with Crippen molar-refractivity contribution in [2.24, 2.45) is 5.92 Å². The number of fused-ring (bicyclic) bond motifs is 1. The second kappa shape index (κ2) is 8.74. The van der Waals surface area contributed by atoms with Gasteiger partial charge in [-0.3, -0.25) is 4.79 Å². The maximum atomic E-state index is 13.0. The number of piperidine rings is 1. The van der Waals surface area contributed by atoms with Crippen LogP contribution in [0, 0.1) is 12.8 Å². The highest BCUT2D eigenvalue weighted by Gasteiger charge is 2.33. The molecule has 164 valence electrons. The Morgan fingerprint density at radius 1 is 1.26 bits per heavy atom. The number of aryl methyl sites for hydroxylation is 1. The maximum Gasteiger partial charge on any atom is 0.243 e. The van der Waals surface area contributed by atoms with Gasteiger partial charge in [0.25, 0.3) is 0 Å². The highest BCUT2D eigenvalue weighted by atomic mass is 35.5. The van der Waals surface area contributed by atoms with Crippen molar-refractivity contribution in [2.75, 3.05) is 25.5 Å². The third-order valence-electron chi connectivity index (χ3n) is 5.38. The second-order valence-electron chi connectivity index (χ2n) is 7.43. The van der Waals surface area contributed by atoms with Gasteiger partial charge in [0.1, 0.15) is 5.75 Å². The first kappa shape index (κ1) is 22.0. The second-order valence-corrected chi connectivity index (χ2v) is 10.8. The summed E-state index contributed by atoms with van der Waals surface area (Å²) in [5.74, 6) is -0.103. The lowest BCUT2D eigenvalue weighted by atomic mass is 9.99. The first-order chi connectivity index (χ1) is 14.8. The number of ether oxygens (including phenoxy) is 1. The molecular weight excluding hydrogens is 458 g/mol. The molecule has 1 aliphatic rings. The van der Waals surface area contributed by atoms with Gasteiger partial charge in [0.15, 0.2) is 5.13 Å². The van der Waals surface area contributed by atoms with Gasteiger partial charge in [0.05, 0.1) is 33.2 Å². The number of methoxy groups -OCH3 is 1. The first-order valence-corrected chi connectivity index (χ1v) is 12.4. The fourth-order valence-electron chi connectivity index (χ4n) is 3.63. The largest absolute Gasteiger partial charge is 0.497 e. The van der Waals surface area contributed by atoms with Gasteiger partial charge in [-0.1, -0.05) is 29.0 Å². The van der Waals surface area contributed by atoms with Crippen LogP contribution >= 0.6 is 22.9 Å². The quantitative estimate of drug-likeness (QED) is 0.589. The molecule has 7 nitrogen and oxygen atoms in total. The molecule has 4 rings (SSSR count). The highest BCUT2D eigenvalue weighted by molar-refractivity contribution is 7.89. The molecule has 1 aromatic heterocycles. The normalized spacial score (nSPS) is 17.6. The number of hydrogen-bond acceptors (Lipinski definition) is 6. The summed E-state index contributed by atoms with van der Waals surface area (Å²) in [4.78, 5) is 17.6. The summed E-state index contributed by atoms with van der Waals surface area (Å²) >= 11 is 7.57. The zero-order valence-corrected chi connectivity index (χ0v) is 19.5. The van der Waals surface area contributed by atoms with E-state index in [1.54, 1.807) is 12.1 Å². The van der Waals surface area contributed by atoms with Gasteiger partial charge in [0.2, 0.25) is 15.9 Å². The maximum absolute atomic E-state index is 13.0. The summed E-state index contributed by atoms with van der Waals surface area (Å²) in [5.41, 5.74) is 1.74. The van der Waals surface area contributed by atoms with Crippen molar-refractivity contribution in [3.8, 4) is 5.75 Å². The van der Waals surface area contributed by atoms with Crippen LogP contribution in [0.4, 0.5) is 5.13 Å². The zero-order chi connectivity index (χ0) is 22.2. The Hall–Kier alpha value is -2.20. The van der Waals surface area contributed by atoms with Crippen molar-refractivity contribution < 1.29 is 17.9 Å². The van der Waals surface area contributed by atoms with E-state index in [0.29, 0.717) is 35.3 Å². The van der Waals surface area contributed by atoms with Crippen LogP contribution in [0.15, 0.2) is 41.3 Å². The number of carbonyl (C=O) groups excluding carboxylic acids is 1. The number of rotatable bonds is 5. The Balaban J connectivity index is 1.49. The van der Waals surface area contributed by atoms with Crippen LogP contribution < -0.4 is 10.1 Å². The molecule has 1 amide bonds. The molecule has 1 N–H and O–H groups in total. The minimum atomic E-state index is -3.69. The number of thiazole rings is 1. The van der Waals surface area contributed by atoms with Crippen molar-refractivity contribution in [3.05, 3.63) is 47.0 Å². The molecule has 0 aliphatic carbocycles. The van der Waals surface area contributed by atoms with E-state index in [2.05, 4.69) is 10.3 Å². The van der Waals surface area contributed by atoms with E-state index >= 15 is 0 Å². The number of nitrogens with one attached hydrogen (secondary N) is 1. The minimum Gasteiger partial charge on any atom is -0.497 e. The summed E-state index contributed by atoms with van der Waals surface area (Å²) in [7, 11) is -2.16. The fourth-order valence-corrected chi connectivity index (χ4v) is 6.38. The number of carbonyl (C=O) groups is 1. The van der Waals surface area contributed by atoms with Crippen LogP contribution in [0.25, 0.3) is 10.2 Å². The van der Waals surface area contributed by atoms with E-state index in [-0.39, 0.29) is 17.3 Å². The molecule has 0 radical (unpaired) electrons. The Bertz CT molecular complexity index is 1190. The number of sulfonamides is 1. The van der Waals surface area contributed by atoms with E-state index in [9.17, 15) is 13.2 Å². The number of halogens is 1. The van der Waals surface area contributed by atoms with Crippen LogP contribution in [-0.2, 0) is 14.8 Å². The van der Waals surface area contributed by atoms with Gasteiger partial charge < -0.3 is 10.1 Å². The molecule has 1 atom stereocenters. The summed E-state index contributed by atoms with van der Waals surface area (Å²) in [6, 6.07) is 9.96. The number of anilines is 1. The average Bonchev–Trinajstić information content (AvgIpc) is 3.21. The highest BCUT2D eigenvalue weighted by Crippen LogP contribution is 2.34. The van der Waals surface area contributed by atoms with Gasteiger partial charge in [-0.15, -0.1) is 0 Å². The molecular formula is C21H22ClN3O4S2. The predicted octanol–water partition coefficient (Wildman–Crippen LogP) is 4.31. The predicted molar refractivity (Wildman–Crippen MR) is 122 cm³/mol. The summed E-state index contributed by atoms with van der Waals surface area (Å²) in [5, 5.41) is 3.91. The van der Waals surface area contributed by atoms with Crippen LogP contribution in [0.1, 0.15) is 18.4 Å². The minimum absolute atomic E-state index is 0.130. The van der Waals surface area contributed by atoms with Crippen LogP contribution in [0.2, 0.25) is 5.02 Å². The van der Waals surface area contributed by atoms with E-state index in [0.717, 1.165) is 15.8 Å². The van der Waals surface area contributed by atoms with Crippen LogP contribution in [0.5, 0.6) is 5.75 Å². The van der Waals surface area contributed by atoms with Crippen molar-refractivity contribution >= 4 is 54.2 Å². The average molecular weight is 480 g/mol. The Labute approximate surface area is 190 Å². The van der Waals surface area contributed by atoms with Gasteiger partial charge in [-0.2, -0.15) is 4.31 Å². The van der Waals surface area contributed by atoms with Gasteiger partial charge >= 0.3 is 0 Å². The number of benzene rings is 2. The monoisotopic (exact) mass is 479 g/mol. The number of hydrogen-bond donors (Lipinski definition) is 1. The fraction of sp³-hybridized carbons (Fsp3) is 0.333. The lowest BCUT2D eigenvalue weighted by Crippen LogP contribution is -2.43. The van der Waals surface area contributed by atoms with Crippen molar-refractivity contribution in [1.82, 2.24) is 9.29 Å². The molecule has 1 unspecified atom stereocenters.